The number of hydrogen-bond acceptors (Lipinski definition) is 2. The van der Waals surface area contributed by atoms with E-state index in [4.69, 9.17) is 9.69 Å². The summed E-state index contributed by atoms with van der Waals surface area (Å²) < 4.78 is 15.0. The maximum atomic E-state index is 15.0. The van der Waals surface area contributed by atoms with Gasteiger partial charge in [0.05, 0.1) is 12.2 Å². The third kappa shape index (κ3) is 3.66. The maximum absolute atomic E-state index is 15.0. The first-order valence-electron chi connectivity index (χ1n) is 10.3. The van der Waals surface area contributed by atoms with Gasteiger partial charge < -0.3 is 4.81 Å². The molecule has 2 nitrogen and oxygen atoms in total. The van der Waals surface area contributed by atoms with Gasteiger partial charge in [0.1, 0.15) is 13.9 Å². The van der Waals surface area contributed by atoms with E-state index in [9.17, 15) is 0 Å². The summed E-state index contributed by atoms with van der Waals surface area (Å²) in [5.41, 5.74) is 6.80. The van der Waals surface area contributed by atoms with Gasteiger partial charge >= 0.3 is 7.48 Å². The summed E-state index contributed by atoms with van der Waals surface area (Å²) in [5, 5.41) is 1.93. The summed E-state index contributed by atoms with van der Waals surface area (Å²) in [6, 6.07) is 9.47. The second kappa shape index (κ2) is 8.41. The van der Waals surface area contributed by atoms with E-state index in [1.165, 1.54) is 0 Å². The standard InChI is InChI=1S/C23H30BFO2Si/c1-15(2)28(16(3)4,17(5)6)13-12-20-22(25)11-10-18-8-7-9-19(23(18)20)21-14-26-27-24-21/h7-11,15-17,21,24H,14H2,1-6H3. The number of halogens is 1. The molecule has 0 N–H and O–H groups in total. The zero-order valence-electron chi connectivity index (χ0n) is 17.8. The van der Waals surface area contributed by atoms with Gasteiger partial charge in [-0.2, -0.15) is 0 Å². The highest BCUT2D eigenvalue weighted by Crippen LogP contribution is 2.41. The smallest absolute Gasteiger partial charge is 0.309 e. The van der Waals surface area contributed by atoms with Crippen molar-refractivity contribution in [2.45, 2.75) is 64.0 Å². The van der Waals surface area contributed by atoms with Gasteiger partial charge in [-0.15, -0.1) is 5.54 Å². The summed E-state index contributed by atoms with van der Waals surface area (Å²) in [7, 11) is -1.46. The summed E-state index contributed by atoms with van der Waals surface area (Å²) in [4.78, 5) is 10.2. The first kappa shape index (κ1) is 21.1. The Hall–Kier alpha value is -1.61. The van der Waals surface area contributed by atoms with Gasteiger partial charge in [0.15, 0.2) is 0 Å². The van der Waals surface area contributed by atoms with Crippen LogP contribution in [0.25, 0.3) is 10.8 Å². The van der Waals surface area contributed by atoms with E-state index in [1.54, 1.807) is 6.07 Å². The summed E-state index contributed by atoms with van der Waals surface area (Å²) in [6.45, 7) is 14.2. The molecule has 5 heteroatoms. The largest absolute Gasteiger partial charge is 0.333 e. The zero-order chi connectivity index (χ0) is 20.5. The Bertz CT molecular complexity index is 886. The van der Waals surface area contributed by atoms with Gasteiger partial charge in [-0.05, 0) is 33.6 Å². The molecular formula is C23H30BFO2Si. The lowest BCUT2D eigenvalue weighted by Crippen LogP contribution is -2.43. The number of fused-ring (bicyclic) bond motifs is 1. The van der Waals surface area contributed by atoms with Crippen LogP contribution >= 0.6 is 0 Å². The van der Waals surface area contributed by atoms with E-state index in [0.29, 0.717) is 36.3 Å². The van der Waals surface area contributed by atoms with Crippen LogP contribution in [-0.2, 0) is 9.69 Å². The lowest BCUT2D eigenvalue weighted by Gasteiger charge is -2.38. The van der Waals surface area contributed by atoms with Gasteiger partial charge in [-0.1, -0.05) is 71.7 Å². The van der Waals surface area contributed by atoms with Gasteiger partial charge in [0.25, 0.3) is 0 Å². The quantitative estimate of drug-likeness (QED) is 0.364. The van der Waals surface area contributed by atoms with Crippen molar-refractivity contribution in [3.05, 3.63) is 47.3 Å². The van der Waals surface area contributed by atoms with E-state index in [2.05, 4.69) is 53.0 Å². The van der Waals surface area contributed by atoms with Crippen molar-refractivity contribution in [1.29, 1.82) is 0 Å². The molecule has 3 rings (SSSR count). The Kier molecular flexibility index (Phi) is 6.34. The molecule has 1 aliphatic rings. The van der Waals surface area contributed by atoms with Gasteiger partial charge in [-0.3, -0.25) is 4.89 Å². The average molecular weight is 396 g/mol. The third-order valence-corrected chi connectivity index (χ3v) is 12.6. The fourth-order valence-corrected chi connectivity index (χ4v) is 10.1. The lowest BCUT2D eigenvalue weighted by molar-refractivity contribution is -0.183. The van der Waals surface area contributed by atoms with Crippen LogP contribution in [0.15, 0.2) is 30.3 Å². The van der Waals surface area contributed by atoms with Crippen molar-refractivity contribution < 1.29 is 14.1 Å². The topological polar surface area (TPSA) is 18.5 Å². The molecule has 28 heavy (non-hydrogen) atoms. The van der Waals surface area contributed by atoms with Crippen LogP contribution < -0.4 is 0 Å². The number of rotatable bonds is 4. The number of hydrogen-bond donors (Lipinski definition) is 0. The van der Waals surface area contributed by atoms with Crippen LogP contribution in [0, 0.1) is 17.3 Å². The molecule has 0 radical (unpaired) electrons. The van der Waals surface area contributed by atoms with E-state index >= 15 is 4.39 Å². The highest BCUT2D eigenvalue weighted by Gasteiger charge is 2.41. The first-order chi connectivity index (χ1) is 13.3. The molecule has 1 aliphatic heterocycles. The Balaban J connectivity index is 2.24. The highest BCUT2D eigenvalue weighted by atomic mass is 28.3. The summed E-state index contributed by atoms with van der Waals surface area (Å²) in [6.07, 6.45) is 0. The maximum Gasteiger partial charge on any atom is 0.333 e. The van der Waals surface area contributed by atoms with Crippen LogP contribution in [0.3, 0.4) is 0 Å². The van der Waals surface area contributed by atoms with Crippen molar-refractivity contribution in [3.63, 3.8) is 0 Å². The summed E-state index contributed by atoms with van der Waals surface area (Å²) >= 11 is 0. The molecule has 0 amide bonds. The molecule has 2 aromatic carbocycles. The summed E-state index contributed by atoms with van der Waals surface area (Å²) in [5.74, 6) is 3.22. The van der Waals surface area contributed by atoms with E-state index < -0.39 is 8.07 Å². The lowest BCUT2D eigenvalue weighted by atomic mass is 9.74. The fourth-order valence-electron chi connectivity index (χ4n) is 4.94. The van der Waals surface area contributed by atoms with E-state index in [1.807, 2.05) is 24.3 Å². The Morgan fingerprint density at radius 1 is 1.04 bits per heavy atom. The molecule has 0 aromatic heterocycles. The van der Waals surface area contributed by atoms with Crippen molar-refractivity contribution in [2.75, 3.05) is 6.61 Å². The molecule has 1 fully saturated rings. The molecule has 1 heterocycles. The van der Waals surface area contributed by atoms with E-state index in [0.717, 1.165) is 16.3 Å². The van der Waals surface area contributed by atoms with Crippen LogP contribution in [0.1, 0.15) is 58.5 Å². The predicted octanol–water partition coefficient (Wildman–Crippen LogP) is 5.90. The van der Waals surface area contributed by atoms with Crippen molar-refractivity contribution in [3.8, 4) is 11.5 Å². The third-order valence-electron chi connectivity index (χ3n) is 6.36. The SMILES string of the molecule is CC(C)[Si](C#Cc1c(F)ccc2cccc(C3BOOC3)c12)(C(C)C)C(C)C. The minimum Gasteiger partial charge on any atom is -0.309 e. The van der Waals surface area contributed by atoms with Gasteiger partial charge in [-0.25, -0.2) is 4.39 Å². The monoisotopic (exact) mass is 396 g/mol. The number of benzene rings is 2. The minimum atomic E-state index is -1.95. The highest BCUT2D eigenvalue weighted by molar-refractivity contribution is 6.90. The molecule has 0 aliphatic carbocycles. The Labute approximate surface area is 170 Å². The molecule has 1 saturated heterocycles. The average Bonchev–Trinajstić information content (AvgIpc) is 3.16. The molecule has 148 valence electrons. The normalized spacial score (nSPS) is 17.3. The molecular weight excluding hydrogens is 366 g/mol. The fraction of sp³-hybridized carbons (Fsp3) is 0.478. The minimum absolute atomic E-state index is 0.105. The van der Waals surface area contributed by atoms with Crippen LogP contribution in [-0.4, -0.2) is 22.2 Å². The molecule has 0 spiro atoms. The zero-order valence-corrected chi connectivity index (χ0v) is 18.8. The first-order valence-corrected chi connectivity index (χ1v) is 12.5. The molecule has 0 bridgehead atoms. The predicted molar refractivity (Wildman–Crippen MR) is 119 cm³/mol. The van der Waals surface area contributed by atoms with Crippen LogP contribution in [0.5, 0.6) is 0 Å². The molecule has 2 aromatic rings. The molecule has 1 unspecified atom stereocenters. The second-order valence-electron chi connectivity index (χ2n) is 8.78. The second-order valence-corrected chi connectivity index (χ2v) is 14.4. The van der Waals surface area contributed by atoms with Crippen molar-refractivity contribution in [2.24, 2.45) is 0 Å². The molecule has 0 saturated carbocycles. The van der Waals surface area contributed by atoms with Crippen molar-refractivity contribution in [1.82, 2.24) is 0 Å². The Morgan fingerprint density at radius 3 is 2.29 bits per heavy atom. The van der Waals surface area contributed by atoms with Gasteiger partial charge in [0.2, 0.25) is 0 Å². The molecule has 1 atom stereocenters. The Morgan fingerprint density at radius 2 is 1.71 bits per heavy atom. The van der Waals surface area contributed by atoms with Gasteiger partial charge in [0, 0.05) is 11.2 Å². The van der Waals surface area contributed by atoms with Crippen LogP contribution in [0.2, 0.25) is 16.6 Å². The van der Waals surface area contributed by atoms with Crippen LogP contribution in [0.4, 0.5) is 4.39 Å². The van der Waals surface area contributed by atoms with E-state index in [-0.39, 0.29) is 11.6 Å². The van der Waals surface area contributed by atoms with Crippen molar-refractivity contribution >= 4 is 26.3 Å².